The molecule has 0 saturated heterocycles. The predicted molar refractivity (Wildman–Crippen MR) is 74.2 cm³/mol. The lowest BCUT2D eigenvalue weighted by Gasteiger charge is -2.05. The SMILES string of the molecule is Cc1cc(CNc2ccc(F)cc2[N+](=O)[O-])sc1C. The summed E-state index contributed by atoms with van der Waals surface area (Å²) in [4.78, 5) is 12.6. The van der Waals surface area contributed by atoms with Crippen molar-refractivity contribution in [3.8, 4) is 0 Å². The second-order valence-electron chi connectivity index (χ2n) is 4.22. The van der Waals surface area contributed by atoms with Crippen LogP contribution >= 0.6 is 11.3 Å². The van der Waals surface area contributed by atoms with Gasteiger partial charge in [0.25, 0.3) is 5.69 Å². The van der Waals surface area contributed by atoms with Crippen molar-refractivity contribution in [3.63, 3.8) is 0 Å². The van der Waals surface area contributed by atoms with Gasteiger partial charge in [-0.3, -0.25) is 10.1 Å². The minimum absolute atomic E-state index is 0.245. The van der Waals surface area contributed by atoms with E-state index in [2.05, 4.69) is 5.32 Å². The summed E-state index contributed by atoms with van der Waals surface area (Å²) in [6, 6.07) is 5.57. The highest BCUT2D eigenvalue weighted by molar-refractivity contribution is 7.12. The van der Waals surface area contributed by atoms with E-state index in [4.69, 9.17) is 0 Å². The van der Waals surface area contributed by atoms with Crippen molar-refractivity contribution in [1.29, 1.82) is 0 Å². The molecular formula is C13H13FN2O2S. The quantitative estimate of drug-likeness (QED) is 0.679. The molecule has 2 rings (SSSR count). The average Bonchev–Trinajstić information content (AvgIpc) is 2.67. The van der Waals surface area contributed by atoms with Gasteiger partial charge in [0, 0.05) is 16.3 Å². The number of thiophene rings is 1. The first-order valence-corrected chi connectivity index (χ1v) is 6.52. The van der Waals surface area contributed by atoms with Crippen molar-refractivity contribution in [2.24, 2.45) is 0 Å². The Morgan fingerprint density at radius 2 is 2.11 bits per heavy atom. The summed E-state index contributed by atoms with van der Waals surface area (Å²) < 4.78 is 13.0. The number of nitro groups is 1. The summed E-state index contributed by atoms with van der Waals surface area (Å²) in [5, 5.41) is 13.8. The third-order valence-corrected chi connectivity index (χ3v) is 3.98. The van der Waals surface area contributed by atoms with Crippen LogP contribution in [0.3, 0.4) is 0 Å². The number of anilines is 1. The van der Waals surface area contributed by atoms with Gasteiger partial charge in [0.05, 0.1) is 11.0 Å². The third-order valence-electron chi connectivity index (χ3n) is 2.83. The van der Waals surface area contributed by atoms with Crippen LogP contribution in [0.1, 0.15) is 15.3 Å². The smallest absolute Gasteiger partial charge is 0.295 e. The number of nitro benzene ring substituents is 1. The number of nitrogens with one attached hydrogen (secondary N) is 1. The summed E-state index contributed by atoms with van der Waals surface area (Å²) >= 11 is 1.64. The zero-order valence-electron chi connectivity index (χ0n) is 10.6. The number of aryl methyl sites for hydroxylation is 2. The third kappa shape index (κ3) is 3.08. The topological polar surface area (TPSA) is 55.2 Å². The molecule has 6 heteroatoms. The maximum atomic E-state index is 13.0. The second-order valence-corrected chi connectivity index (χ2v) is 5.56. The fourth-order valence-corrected chi connectivity index (χ4v) is 2.72. The number of rotatable bonds is 4. The highest BCUT2D eigenvalue weighted by atomic mass is 32.1. The highest BCUT2D eigenvalue weighted by Crippen LogP contribution is 2.27. The van der Waals surface area contributed by atoms with Gasteiger partial charge in [-0.15, -0.1) is 11.3 Å². The van der Waals surface area contributed by atoms with Crippen LogP contribution in [0.25, 0.3) is 0 Å². The van der Waals surface area contributed by atoms with E-state index < -0.39 is 10.7 Å². The van der Waals surface area contributed by atoms with Crippen molar-refractivity contribution in [3.05, 3.63) is 55.5 Å². The Bertz CT molecular complexity index is 606. The summed E-state index contributed by atoms with van der Waals surface area (Å²) in [5.41, 5.74) is 1.29. The lowest BCUT2D eigenvalue weighted by Crippen LogP contribution is -2.01. The Morgan fingerprint density at radius 3 is 2.68 bits per heavy atom. The van der Waals surface area contributed by atoms with Gasteiger partial charge in [0.1, 0.15) is 11.5 Å². The number of halogens is 1. The molecule has 0 aliphatic heterocycles. The Hall–Kier alpha value is -1.95. The van der Waals surface area contributed by atoms with Crippen molar-refractivity contribution in [2.45, 2.75) is 20.4 Å². The molecule has 19 heavy (non-hydrogen) atoms. The fourth-order valence-electron chi connectivity index (χ4n) is 1.72. The van der Waals surface area contributed by atoms with Crippen LogP contribution in [-0.2, 0) is 6.54 Å². The molecule has 1 aromatic carbocycles. The molecule has 4 nitrogen and oxygen atoms in total. The Morgan fingerprint density at radius 1 is 1.37 bits per heavy atom. The minimum atomic E-state index is -0.611. The monoisotopic (exact) mass is 280 g/mol. The Kier molecular flexibility index (Phi) is 3.80. The van der Waals surface area contributed by atoms with Gasteiger partial charge in [-0.2, -0.15) is 0 Å². The van der Waals surface area contributed by atoms with E-state index >= 15 is 0 Å². The van der Waals surface area contributed by atoms with Crippen molar-refractivity contribution < 1.29 is 9.31 Å². The van der Waals surface area contributed by atoms with E-state index in [-0.39, 0.29) is 5.69 Å². The molecule has 0 atom stereocenters. The predicted octanol–water partition coefficient (Wildman–Crippen LogP) is 4.02. The summed E-state index contributed by atoms with van der Waals surface area (Å²) in [6.45, 7) is 4.55. The average molecular weight is 280 g/mol. The van der Waals surface area contributed by atoms with Crippen molar-refractivity contribution in [1.82, 2.24) is 0 Å². The molecule has 1 heterocycles. The van der Waals surface area contributed by atoms with Crippen molar-refractivity contribution >= 4 is 22.7 Å². The standard InChI is InChI=1S/C13H13FN2O2S/c1-8-5-11(19-9(8)2)7-15-12-4-3-10(14)6-13(12)16(17)18/h3-6,15H,7H2,1-2H3. The zero-order chi connectivity index (χ0) is 14.0. The van der Waals surface area contributed by atoms with Crippen LogP contribution in [0.5, 0.6) is 0 Å². The molecular weight excluding hydrogens is 267 g/mol. The molecule has 0 aliphatic rings. The number of nitrogens with zero attached hydrogens (tertiary/aromatic N) is 1. The maximum absolute atomic E-state index is 13.0. The summed E-state index contributed by atoms with van der Waals surface area (Å²) in [6.07, 6.45) is 0. The van der Waals surface area contributed by atoms with Gasteiger partial charge in [-0.1, -0.05) is 0 Å². The van der Waals surface area contributed by atoms with Gasteiger partial charge in [0.15, 0.2) is 0 Å². The van der Waals surface area contributed by atoms with Gasteiger partial charge < -0.3 is 5.32 Å². The summed E-state index contributed by atoms with van der Waals surface area (Å²) in [7, 11) is 0. The molecule has 0 radical (unpaired) electrons. The first kappa shape index (κ1) is 13.5. The van der Waals surface area contributed by atoms with Gasteiger partial charge in [0.2, 0.25) is 0 Å². The molecule has 0 spiro atoms. The lowest BCUT2D eigenvalue weighted by atomic mass is 10.2. The van der Waals surface area contributed by atoms with Gasteiger partial charge in [-0.05, 0) is 37.6 Å². The second kappa shape index (κ2) is 5.36. The normalized spacial score (nSPS) is 10.5. The van der Waals surface area contributed by atoms with E-state index in [1.54, 1.807) is 11.3 Å². The van der Waals surface area contributed by atoms with Crippen molar-refractivity contribution in [2.75, 3.05) is 5.32 Å². The van der Waals surface area contributed by atoms with E-state index in [1.165, 1.54) is 22.6 Å². The molecule has 0 aliphatic carbocycles. The van der Waals surface area contributed by atoms with E-state index in [0.717, 1.165) is 10.9 Å². The fraction of sp³-hybridized carbons (Fsp3) is 0.231. The largest absolute Gasteiger partial charge is 0.375 e. The Balaban J connectivity index is 2.17. The van der Waals surface area contributed by atoms with Gasteiger partial charge in [-0.25, -0.2) is 4.39 Å². The lowest BCUT2D eigenvalue weighted by molar-refractivity contribution is -0.384. The van der Waals surface area contributed by atoms with Crippen LogP contribution < -0.4 is 5.32 Å². The molecule has 100 valence electrons. The number of hydrogen-bond donors (Lipinski definition) is 1. The van der Waals surface area contributed by atoms with Crippen LogP contribution in [0.2, 0.25) is 0 Å². The molecule has 0 amide bonds. The van der Waals surface area contributed by atoms with E-state index in [9.17, 15) is 14.5 Å². The summed E-state index contributed by atoms with van der Waals surface area (Å²) in [5.74, 6) is -0.611. The highest BCUT2D eigenvalue weighted by Gasteiger charge is 2.14. The molecule has 0 bridgehead atoms. The van der Waals surface area contributed by atoms with Crippen LogP contribution in [0.4, 0.5) is 15.8 Å². The molecule has 1 aromatic heterocycles. The van der Waals surface area contributed by atoms with E-state index in [0.29, 0.717) is 12.2 Å². The molecule has 0 saturated carbocycles. The van der Waals surface area contributed by atoms with Crippen LogP contribution in [0.15, 0.2) is 24.3 Å². The zero-order valence-corrected chi connectivity index (χ0v) is 11.4. The van der Waals surface area contributed by atoms with Crippen LogP contribution in [0, 0.1) is 29.8 Å². The van der Waals surface area contributed by atoms with Gasteiger partial charge >= 0.3 is 0 Å². The maximum Gasteiger partial charge on any atom is 0.295 e. The number of benzene rings is 1. The molecule has 1 N–H and O–H groups in total. The number of hydrogen-bond acceptors (Lipinski definition) is 4. The first-order valence-electron chi connectivity index (χ1n) is 5.71. The van der Waals surface area contributed by atoms with Crippen LogP contribution in [-0.4, -0.2) is 4.92 Å². The molecule has 2 aromatic rings. The molecule has 0 fully saturated rings. The Labute approximate surface area is 114 Å². The first-order chi connectivity index (χ1) is 8.97. The van der Waals surface area contributed by atoms with E-state index in [1.807, 2.05) is 19.9 Å². The minimum Gasteiger partial charge on any atom is -0.375 e. The molecule has 0 unspecified atom stereocenters.